The molecule has 0 fully saturated rings. The highest BCUT2D eigenvalue weighted by molar-refractivity contribution is 7.99. The first-order valence-corrected chi connectivity index (χ1v) is 12.4. The van der Waals surface area contributed by atoms with Crippen LogP contribution >= 0.6 is 46.3 Å². The third-order valence-electron chi connectivity index (χ3n) is 4.60. The Balaban J connectivity index is 1.41. The number of aromatic nitrogens is 4. The predicted octanol–water partition coefficient (Wildman–Crippen LogP) is 6.43. The SMILES string of the molecule is CCn1c(SCC(=O)Nc2nc(-c3ccc(Cl)cc3Cl)cs2)nnc1-c1cccc(C)c1. The van der Waals surface area contributed by atoms with Gasteiger partial charge in [0.15, 0.2) is 16.1 Å². The minimum atomic E-state index is -0.166. The molecule has 0 aliphatic rings. The van der Waals surface area contributed by atoms with Gasteiger partial charge in [-0.15, -0.1) is 21.5 Å². The number of nitrogens with one attached hydrogen (secondary N) is 1. The molecule has 0 aliphatic heterocycles. The van der Waals surface area contributed by atoms with Gasteiger partial charge in [0.1, 0.15) is 0 Å². The maximum absolute atomic E-state index is 12.5. The highest BCUT2D eigenvalue weighted by Crippen LogP contribution is 2.32. The molecule has 0 saturated heterocycles. The van der Waals surface area contributed by atoms with Crippen molar-refractivity contribution in [2.45, 2.75) is 25.5 Å². The lowest BCUT2D eigenvalue weighted by Gasteiger charge is -2.07. The van der Waals surface area contributed by atoms with Gasteiger partial charge in [-0.3, -0.25) is 4.79 Å². The van der Waals surface area contributed by atoms with Crippen LogP contribution in [0.25, 0.3) is 22.6 Å². The summed E-state index contributed by atoms with van der Waals surface area (Å²) in [7, 11) is 0. The van der Waals surface area contributed by atoms with Crippen molar-refractivity contribution in [2.75, 3.05) is 11.1 Å². The Labute approximate surface area is 204 Å². The van der Waals surface area contributed by atoms with E-state index >= 15 is 0 Å². The summed E-state index contributed by atoms with van der Waals surface area (Å²) in [5.41, 5.74) is 3.62. The molecule has 0 aliphatic carbocycles. The number of rotatable bonds is 7. The molecule has 2 aromatic carbocycles. The average Bonchev–Trinajstić information content (AvgIpc) is 3.39. The Morgan fingerprint density at radius 3 is 2.78 bits per heavy atom. The number of nitrogens with zero attached hydrogens (tertiary/aromatic N) is 4. The molecular formula is C22H19Cl2N5OS2. The third-order valence-corrected chi connectivity index (χ3v) is 6.87. The fourth-order valence-electron chi connectivity index (χ4n) is 3.12. The van der Waals surface area contributed by atoms with Gasteiger partial charge in [0, 0.05) is 28.1 Å². The summed E-state index contributed by atoms with van der Waals surface area (Å²) >= 11 is 14.9. The molecule has 2 aromatic heterocycles. The van der Waals surface area contributed by atoms with Crippen LogP contribution in [0.2, 0.25) is 10.0 Å². The zero-order chi connectivity index (χ0) is 22.7. The predicted molar refractivity (Wildman–Crippen MR) is 133 cm³/mol. The molecule has 0 bridgehead atoms. The van der Waals surface area contributed by atoms with E-state index in [0.717, 1.165) is 22.5 Å². The van der Waals surface area contributed by atoms with Crippen LogP contribution in [0.1, 0.15) is 12.5 Å². The zero-order valence-corrected chi connectivity index (χ0v) is 20.4. The Kier molecular flexibility index (Phi) is 7.15. The number of aryl methyl sites for hydroxylation is 1. The number of benzene rings is 2. The highest BCUT2D eigenvalue weighted by Gasteiger charge is 2.16. The van der Waals surface area contributed by atoms with Crippen molar-refractivity contribution in [3.8, 4) is 22.6 Å². The van der Waals surface area contributed by atoms with Gasteiger partial charge in [-0.2, -0.15) is 0 Å². The van der Waals surface area contributed by atoms with Gasteiger partial charge in [-0.1, -0.05) is 58.7 Å². The first-order chi connectivity index (χ1) is 15.4. The van der Waals surface area contributed by atoms with Crippen LogP contribution in [0.4, 0.5) is 5.13 Å². The van der Waals surface area contributed by atoms with E-state index in [9.17, 15) is 4.79 Å². The summed E-state index contributed by atoms with van der Waals surface area (Å²) in [5.74, 6) is 0.826. The van der Waals surface area contributed by atoms with Crippen molar-refractivity contribution in [3.63, 3.8) is 0 Å². The molecule has 0 atom stereocenters. The number of hydrogen-bond donors (Lipinski definition) is 1. The van der Waals surface area contributed by atoms with E-state index in [4.69, 9.17) is 23.2 Å². The molecule has 0 radical (unpaired) electrons. The van der Waals surface area contributed by atoms with Crippen molar-refractivity contribution < 1.29 is 4.79 Å². The number of thiazole rings is 1. The number of halogens is 2. The Hall–Kier alpha value is -2.39. The first kappa shape index (κ1) is 22.8. The van der Waals surface area contributed by atoms with Crippen molar-refractivity contribution in [1.29, 1.82) is 0 Å². The van der Waals surface area contributed by atoms with Crippen LogP contribution in [-0.2, 0) is 11.3 Å². The van der Waals surface area contributed by atoms with Crippen LogP contribution in [0, 0.1) is 6.92 Å². The molecule has 1 amide bonds. The molecular weight excluding hydrogens is 485 g/mol. The van der Waals surface area contributed by atoms with Crippen molar-refractivity contribution in [1.82, 2.24) is 19.7 Å². The van der Waals surface area contributed by atoms with E-state index in [1.165, 1.54) is 23.1 Å². The van der Waals surface area contributed by atoms with Crippen molar-refractivity contribution >= 4 is 57.3 Å². The topological polar surface area (TPSA) is 72.7 Å². The minimum absolute atomic E-state index is 0.166. The van der Waals surface area contributed by atoms with E-state index in [0.29, 0.717) is 32.6 Å². The van der Waals surface area contributed by atoms with Crippen LogP contribution in [0.3, 0.4) is 0 Å². The number of amides is 1. The maximum Gasteiger partial charge on any atom is 0.236 e. The van der Waals surface area contributed by atoms with Gasteiger partial charge in [0.05, 0.1) is 16.5 Å². The second-order valence-corrected chi connectivity index (χ2v) is 9.56. The highest BCUT2D eigenvalue weighted by atomic mass is 35.5. The monoisotopic (exact) mass is 503 g/mol. The molecule has 164 valence electrons. The maximum atomic E-state index is 12.5. The molecule has 0 unspecified atom stereocenters. The molecule has 0 spiro atoms. The molecule has 6 nitrogen and oxygen atoms in total. The van der Waals surface area contributed by atoms with Crippen LogP contribution in [0.5, 0.6) is 0 Å². The number of hydrogen-bond acceptors (Lipinski definition) is 6. The molecule has 10 heteroatoms. The van der Waals surface area contributed by atoms with Crippen molar-refractivity contribution in [3.05, 3.63) is 63.5 Å². The third kappa shape index (κ3) is 5.15. The summed E-state index contributed by atoms with van der Waals surface area (Å²) in [6.45, 7) is 4.78. The Bertz CT molecular complexity index is 1270. The number of anilines is 1. The van der Waals surface area contributed by atoms with E-state index in [1.807, 2.05) is 48.1 Å². The minimum Gasteiger partial charge on any atom is -0.302 e. The van der Waals surface area contributed by atoms with Gasteiger partial charge >= 0.3 is 0 Å². The first-order valence-electron chi connectivity index (χ1n) is 9.78. The average molecular weight is 504 g/mol. The fourth-order valence-corrected chi connectivity index (χ4v) is 5.15. The van der Waals surface area contributed by atoms with Crippen LogP contribution < -0.4 is 5.32 Å². The molecule has 2 heterocycles. The summed E-state index contributed by atoms with van der Waals surface area (Å²) < 4.78 is 2.01. The van der Waals surface area contributed by atoms with Gasteiger partial charge in [0.2, 0.25) is 5.91 Å². The lowest BCUT2D eigenvalue weighted by Crippen LogP contribution is -2.14. The quantitative estimate of drug-likeness (QED) is 0.294. The van der Waals surface area contributed by atoms with Gasteiger partial charge in [-0.25, -0.2) is 4.98 Å². The van der Waals surface area contributed by atoms with E-state index in [-0.39, 0.29) is 11.7 Å². The second-order valence-electron chi connectivity index (χ2n) is 6.92. The normalized spacial score (nSPS) is 11.0. The van der Waals surface area contributed by atoms with Crippen LogP contribution in [-0.4, -0.2) is 31.4 Å². The number of carbonyl (C=O) groups is 1. The fraction of sp³-hybridized carbons (Fsp3) is 0.182. The molecule has 0 saturated carbocycles. The largest absolute Gasteiger partial charge is 0.302 e. The standard InChI is InChI=1S/C22H19Cl2N5OS2/c1-3-29-20(14-6-4-5-13(2)9-14)27-28-22(29)32-12-19(30)26-21-25-18(11-31-21)16-8-7-15(23)10-17(16)24/h4-11H,3,12H2,1-2H3,(H,25,26,30). The molecule has 4 rings (SSSR count). The van der Waals surface area contributed by atoms with Crippen molar-refractivity contribution in [2.24, 2.45) is 0 Å². The number of thioether (sulfide) groups is 1. The van der Waals surface area contributed by atoms with Gasteiger partial charge in [-0.05, 0) is 38.1 Å². The molecule has 4 aromatic rings. The van der Waals surface area contributed by atoms with E-state index < -0.39 is 0 Å². The van der Waals surface area contributed by atoms with E-state index in [1.54, 1.807) is 12.1 Å². The lowest BCUT2D eigenvalue weighted by atomic mass is 10.1. The van der Waals surface area contributed by atoms with Gasteiger partial charge in [0.25, 0.3) is 0 Å². The number of carbonyl (C=O) groups excluding carboxylic acids is 1. The lowest BCUT2D eigenvalue weighted by molar-refractivity contribution is -0.113. The van der Waals surface area contributed by atoms with E-state index in [2.05, 4.69) is 26.6 Å². The second kappa shape index (κ2) is 10.0. The zero-order valence-electron chi connectivity index (χ0n) is 17.3. The summed E-state index contributed by atoms with van der Waals surface area (Å²) in [5, 5.41) is 15.6. The smallest absolute Gasteiger partial charge is 0.236 e. The summed E-state index contributed by atoms with van der Waals surface area (Å²) in [6.07, 6.45) is 0. The molecule has 32 heavy (non-hydrogen) atoms. The summed E-state index contributed by atoms with van der Waals surface area (Å²) in [6, 6.07) is 13.4. The summed E-state index contributed by atoms with van der Waals surface area (Å²) in [4.78, 5) is 17.0. The van der Waals surface area contributed by atoms with Crippen LogP contribution in [0.15, 0.2) is 53.0 Å². The Morgan fingerprint density at radius 2 is 2.03 bits per heavy atom. The van der Waals surface area contributed by atoms with Gasteiger partial charge < -0.3 is 9.88 Å². The molecule has 1 N–H and O–H groups in total. The Morgan fingerprint density at radius 1 is 1.19 bits per heavy atom.